The summed E-state index contributed by atoms with van der Waals surface area (Å²) in [5, 5.41) is 0. The van der Waals surface area contributed by atoms with Crippen LogP contribution in [0, 0.1) is 0 Å². The van der Waals surface area contributed by atoms with Gasteiger partial charge in [-0.15, -0.1) is 0 Å². The molecule has 0 saturated heterocycles. The van der Waals surface area contributed by atoms with Crippen LogP contribution in [-0.2, 0) is 9.47 Å². The molecule has 1 aromatic carbocycles. The van der Waals surface area contributed by atoms with Crippen molar-refractivity contribution in [2.45, 2.75) is 39.3 Å². The lowest BCUT2D eigenvalue weighted by Gasteiger charge is -2.07. The molecule has 0 radical (unpaired) electrons. The molecule has 1 unspecified atom stereocenters. The lowest BCUT2D eigenvalue weighted by atomic mass is 10.1. The van der Waals surface area contributed by atoms with Gasteiger partial charge in [0.25, 0.3) is 5.66 Å². The Balaban J connectivity index is 0.000000585. The largest absolute Gasteiger partial charge is 0.462 e. The van der Waals surface area contributed by atoms with E-state index in [0.717, 1.165) is 0 Å². The average molecular weight is 348 g/mol. The van der Waals surface area contributed by atoms with E-state index in [1.54, 1.807) is 45.0 Å². The summed E-state index contributed by atoms with van der Waals surface area (Å²) in [5.74, 6) is -1.02. The summed E-state index contributed by atoms with van der Waals surface area (Å²) < 4.78 is 33.1. The number of rotatable bonds is 6. The molecule has 0 amide bonds. The maximum atomic E-state index is 11.7. The number of hydrogen-bond donors (Lipinski definition) is 0. The number of carbonyl (C=O) groups excluding carboxylic acids is 2. The predicted octanol–water partition coefficient (Wildman–Crippen LogP) is 4.29. The number of ether oxygens (including phenoxy) is 2. The predicted molar refractivity (Wildman–Crippen MR) is 87.9 cm³/mol. The monoisotopic (exact) mass is 348 g/mol. The molecule has 23 heavy (non-hydrogen) atoms. The molecule has 0 aliphatic heterocycles. The Labute approximate surface area is 137 Å². The highest BCUT2D eigenvalue weighted by molar-refractivity contribution is 7.18. The normalized spacial score (nSPS) is 10.3. The first-order chi connectivity index (χ1) is 10.8. The second kappa shape index (κ2) is 11.1. The Morgan fingerprint density at radius 3 is 1.61 bits per heavy atom. The van der Waals surface area contributed by atoms with E-state index in [-0.39, 0.29) is 30.8 Å². The molecule has 0 aliphatic rings. The minimum Gasteiger partial charge on any atom is -0.462 e. The van der Waals surface area contributed by atoms with Crippen LogP contribution < -0.4 is 0 Å². The Morgan fingerprint density at radius 2 is 1.39 bits per heavy atom. The fourth-order valence-corrected chi connectivity index (χ4v) is 1.88. The summed E-state index contributed by atoms with van der Waals surface area (Å²) in [5.41, 5.74) is -2.06. The summed E-state index contributed by atoms with van der Waals surface area (Å²) in [6.07, 6.45) is 0.508. The van der Waals surface area contributed by atoms with E-state index in [2.05, 4.69) is 0 Å². The summed E-state index contributed by atoms with van der Waals surface area (Å²) in [7, 11) is 1.50. The van der Waals surface area contributed by atoms with Crippen LogP contribution in [0.4, 0.5) is 8.78 Å². The van der Waals surface area contributed by atoms with Crippen LogP contribution in [0.15, 0.2) is 24.3 Å². The third-order valence-electron chi connectivity index (χ3n) is 2.50. The quantitative estimate of drug-likeness (QED) is 0.568. The zero-order valence-electron chi connectivity index (χ0n) is 13.6. The molecule has 0 N–H and O–H groups in total. The highest BCUT2D eigenvalue weighted by atomic mass is 31.0. The Hall–Kier alpha value is -1.55. The van der Waals surface area contributed by atoms with E-state index in [1.165, 1.54) is 9.24 Å². The fraction of sp³-hybridized carbons (Fsp3) is 0.500. The van der Waals surface area contributed by atoms with Crippen molar-refractivity contribution in [1.29, 1.82) is 0 Å². The topological polar surface area (TPSA) is 52.6 Å². The Kier molecular flexibility index (Phi) is 10.3. The van der Waals surface area contributed by atoms with Crippen molar-refractivity contribution >= 4 is 21.2 Å². The smallest absolute Gasteiger partial charge is 0.338 e. The molecule has 1 rings (SSSR count). The molecule has 0 heterocycles. The van der Waals surface area contributed by atoms with Crippen molar-refractivity contribution in [2.75, 3.05) is 13.2 Å². The van der Waals surface area contributed by atoms with Gasteiger partial charge in [-0.05, 0) is 26.0 Å². The Bertz CT molecular complexity index is 464. The fourth-order valence-electron chi connectivity index (χ4n) is 1.59. The van der Waals surface area contributed by atoms with Gasteiger partial charge >= 0.3 is 11.9 Å². The standard InChI is InChI=1S/C12H14O4.C4H9F2P/c1-3-15-11(13)9-7-5-6-8-10(9)12(14)16-4-2;1-2-3-4(5,6)7/h5-8H,3-4H2,1-2H3;2-3,7H2,1H3. The second-order valence-electron chi connectivity index (χ2n) is 4.50. The van der Waals surface area contributed by atoms with E-state index in [1.807, 2.05) is 0 Å². The van der Waals surface area contributed by atoms with Crippen LogP contribution in [0.3, 0.4) is 0 Å². The molecule has 0 fully saturated rings. The molecular formula is C16H23F2O4P. The summed E-state index contributed by atoms with van der Waals surface area (Å²) >= 11 is 0. The molecule has 1 atom stereocenters. The molecule has 7 heteroatoms. The first kappa shape index (κ1) is 21.4. The summed E-state index contributed by atoms with van der Waals surface area (Å²) in [6.45, 7) is 5.71. The molecule has 0 aromatic heterocycles. The van der Waals surface area contributed by atoms with Crippen LogP contribution >= 0.6 is 9.24 Å². The van der Waals surface area contributed by atoms with E-state index in [9.17, 15) is 18.4 Å². The van der Waals surface area contributed by atoms with Crippen molar-refractivity contribution in [3.8, 4) is 0 Å². The lowest BCUT2D eigenvalue weighted by molar-refractivity contribution is 0.0479. The van der Waals surface area contributed by atoms with Crippen molar-refractivity contribution in [3.05, 3.63) is 35.4 Å². The van der Waals surface area contributed by atoms with Gasteiger partial charge in [-0.25, -0.2) is 18.4 Å². The van der Waals surface area contributed by atoms with E-state index >= 15 is 0 Å². The molecule has 0 spiro atoms. The van der Waals surface area contributed by atoms with Gasteiger partial charge in [0.05, 0.1) is 24.3 Å². The van der Waals surface area contributed by atoms with Crippen LogP contribution in [-0.4, -0.2) is 30.8 Å². The number of esters is 2. The van der Waals surface area contributed by atoms with Crippen molar-refractivity contribution in [2.24, 2.45) is 0 Å². The molecule has 4 nitrogen and oxygen atoms in total. The number of hydrogen-bond acceptors (Lipinski definition) is 4. The van der Waals surface area contributed by atoms with Gasteiger partial charge in [0.1, 0.15) is 0 Å². The third-order valence-corrected chi connectivity index (χ3v) is 2.79. The van der Waals surface area contributed by atoms with E-state index in [0.29, 0.717) is 6.42 Å². The minimum atomic E-state index is -2.53. The van der Waals surface area contributed by atoms with Crippen molar-refractivity contribution < 1.29 is 27.8 Å². The molecular weight excluding hydrogens is 325 g/mol. The van der Waals surface area contributed by atoms with Crippen LogP contribution in [0.5, 0.6) is 0 Å². The van der Waals surface area contributed by atoms with Gasteiger partial charge in [0, 0.05) is 6.42 Å². The lowest BCUT2D eigenvalue weighted by Crippen LogP contribution is -2.13. The molecule has 0 bridgehead atoms. The summed E-state index contributed by atoms with van der Waals surface area (Å²) in [6, 6.07) is 6.44. The summed E-state index contributed by atoms with van der Waals surface area (Å²) in [4.78, 5) is 23.1. The van der Waals surface area contributed by atoms with Gasteiger partial charge in [-0.1, -0.05) is 34.7 Å². The van der Waals surface area contributed by atoms with Crippen LogP contribution in [0.2, 0.25) is 0 Å². The first-order valence-corrected chi connectivity index (χ1v) is 7.94. The van der Waals surface area contributed by atoms with Crippen LogP contribution in [0.25, 0.3) is 0 Å². The Morgan fingerprint density at radius 1 is 1.00 bits per heavy atom. The minimum absolute atomic E-state index is 0.0301. The highest BCUT2D eigenvalue weighted by Gasteiger charge is 2.18. The van der Waals surface area contributed by atoms with Crippen molar-refractivity contribution in [3.63, 3.8) is 0 Å². The number of carbonyl (C=O) groups is 2. The first-order valence-electron chi connectivity index (χ1n) is 7.36. The maximum absolute atomic E-state index is 11.7. The van der Waals surface area contributed by atoms with Gasteiger partial charge < -0.3 is 9.47 Å². The van der Waals surface area contributed by atoms with Gasteiger partial charge in [0.15, 0.2) is 0 Å². The maximum Gasteiger partial charge on any atom is 0.338 e. The van der Waals surface area contributed by atoms with Gasteiger partial charge in [0.2, 0.25) is 0 Å². The number of halogens is 2. The van der Waals surface area contributed by atoms with Crippen molar-refractivity contribution in [1.82, 2.24) is 0 Å². The molecule has 1 aromatic rings. The molecule has 0 aliphatic carbocycles. The third kappa shape index (κ3) is 9.24. The molecule has 130 valence electrons. The van der Waals surface area contributed by atoms with E-state index in [4.69, 9.17) is 9.47 Å². The number of benzene rings is 1. The SMILES string of the molecule is CCCC(F)(F)P.CCOC(=O)c1ccccc1C(=O)OCC. The zero-order chi connectivity index (χ0) is 17.9. The molecule has 0 saturated carbocycles. The number of alkyl halides is 2. The van der Waals surface area contributed by atoms with Crippen LogP contribution in [0.1, 0.15) is 54.3 Å². The second-order valence-corrected chi connectivity index (χ2v) is 5.34. The van der Waals surface area contributed by atoms with Gasteiger partial charge in [-0.2, -0.15) is 0 Å². The zero-order valence-corrected chi connectivity index (χ0v) is 14.8. The van der Waals surface area contributed by atoms with Gasteiger partial charge in [-0.3, -0.25) is 0 Å². The average Bonchev–Trinajstić information content (AvgIpc) is 2.47. The van der Waals surface area contributed by atoms with E-state index < -0.39 is 17.6 Å². The highest BCUT2D eigenvalue weighted by Crippen LogP contribution is 2.26.